The number of rotatable bonds is 3. The first-order valence-corrected chi connectivity index (χ1v) is 25.9. The summed E-state index contributed by atoms with van der Waals surface area (Å²) >= 11 is 2.00. The van der Waals surface area contributed by atoms with Crippen LogP contribution < -0.4 is 25.5 Å². The van der Waals surface area contributed by atoms with E-state index in [0.717, 1.165) is 44.4 Å². The molecule has 0 radical (unpaired) electrons. The maximum Gasteiger partial charge on any atom is 0.264 e. The van der Waals surface area contributed by atoms with E-state index in [1.807, 2.05) is 11.3 Å². The summed E-state index contributed by atoms with van der Waals surface area (Å²) < 4.78 is 9.59. The fourth-order valence-electron chi connectivity index (χ4n) is 12.0. The average molecular weight is 927 g/mol. The number of hydrogen-bond donors (Lipinski definition) is 0. The molecule has 0 amide bonds. The maximum absolute atomic E-state index is 6.87. The molecule has 2 aliphatic heterocycles. The van der Waals surface area contributed by atoms with Crippen LogP contribution in [0.25, 0.3) is 54.3 Å². The normalized spacial score (nSPS) is 14.8. The van der Waals surface area contributed by atoms with Gasteiger partial charge in [0.15, 0.2) is 0 Å². The second-order valence-corrected chi connectivity index (χ2v) is 24.9. The van der Waals surface area contributed by atoms with E-state index in [1.165, 1.54) is 87.5 Å². The lowest BCUT2D eigenvalue weighted by atomic mass is 9.36. The van der Waals surface area contributed by atoms with Crippen molar-refractivity contribution >= 4 is 99.9 Å². The molecule has 70 heavy (non-hydrogen) atoms. The predicted molar refractivity (Wildman–Crippen MR) is 302 cm³/mol. The highest BCUT2D eigenvalue weighted by Gasteiger charge is 2.47. The molecule has 0 fully saturated rings. The van der Waals surface area contributed by atoms with Gasteiger partial charge in [0.1, 0.15) is 11.2 Å². The molecule has 344 valence electrons. The summed E-state index contributed by atoms with van der Waals surface area (Å²) in [4.78, 5) is 5.20. The van der Waals surface area contributed by atoms with Crippen molar-refractivity contribution in [3.63, 3.8) is 0 Å². The molecule has 10 aromatic rings. The Morgan fingerprint density at radius 3 is 1.76 bits per heavy atom. The molecule has 8 aromatic carbocycles. The first-order valence-electron chi connectivity index (χ1n) is 25.1. The first kappa shape index (κ1) is 43.2. The lowest BCUT2D eigenvalue weighted by Gasteiger charge is -2.44. The minimum absolute atomic E-state index is 0.00830. The van der Waals surface area contributed by atoms with E-state index in [0.29, 0.717) is 0 Å². The lowest BCUT2D eigenvalue weighted by Crippen LogP contribution is -2.60. The second-order valence-electron chi connectivity index (χ2n) is 23.8. The van der Waals surface area contributed by atoms with Gasteiger partial charge in [-0.05, 0) is 132 Å². The minimum Gasteiger partial charge on any atom is -0.455 e. The largest absolute Gasteiger partial charge is 0.455 e. The zero-order valence-corrected chi connectivity index (χ0v) is 43.1. The van der Waals surface area contributed by atoms with Gasteiger partial charge in [-0.3, -0.25) is 0 Å². The van der Waals surface area contributed by atoms with Gasteiger partial charge in [-0.15, -0.1) is 11.3 Å². The number of anilines is 6. The fourth-order valence-corrected chi connectivity index (χ4v) is 13.4. The van der Waals surface area contributed by atoms with Crippen LogP contribution in [0.2, 0.25) is 0 Å². The van der Waals surface area contributed by atoms with Crippen molar-refractivity contribution in [1.82, 2.24) is 0 Å². The van der Waals surface area contributed by atoms with Crippen molar-refractivity contribution in [2.24, 2.45) is 0 Å². The number of para-hydroxylation sites is 2. The summed E-state index contributed by atoms with van der Waals surface area (Å²) in [6, 6.07) is 60.4. The highest BCUT2D eigenvalue weighted by Crippen LogP contribution is 2.55. The molecule has 0 saturated carbocycles. The Labute approximate surface area is 417 Å². The van der Waals surface area contributed by atoms with Crippen LogP contribution in [0.1, 0.15) is 104 Å². The number of furan rings is 1. The van der Waals surface area contributed by atoms with Gasteiger partial charge in [-0.25, -0.2) is 0 Å². The van der Waals surface area contributed by atoms with Gasteiger partial charge in [0.05, 0.1) is 5.69 Å². The summed E-state index contributed by atoms with van der Waals surface area (Å²) in [7, 11) is 0. The topological polar surface area (TPSA) is 19.6 Å². The number of fused-ring (bicyclic) bond motifs is 12. The molecule has 3 nitrogen and oxygen atoms in total. The number of nitrogens with zero attached hydrogens (tertiary/aromatic N) is 2. The van der Waals surface area contributed by atoms with Crippen LogP contribution in [0.4, 0.5) is 34.1 Å². The standard InChI is InChI=1S/C65H59BN2OS/c1-62(2,3)39-23-28-42(29-24-39)67-53-32-27-41(64(7,8)9)35-52(53)66-58-54(67)33-38(44-19-16-20-47-46-18-13-15-22-56(46)69-60(44)47)34-55(58)68(43-30-25-40(26-31-43)63(4,5)6)59-49-36-48-45-17-12-14-21-50(45)65(10,11)51(48)37-57(49)70-61(59)66/h12-37H,1-11H3. The van der Waals surface area contributed by atoms with E-state index >= 15 is 0 Å². The van der Waals surface area contributed by atoms with Gasteiger partial charge in [0.2, 0.25) is 0 Å². The Morgan fingerprint density at radius 1 is 0.486 bits per heavy atom. The molecule has 13 rings (SSSR count). The molecule has 0 spiro atoms. The predicted octanol–water partition coefficient (Wildman–Crippen LogP) is 16.7. The van der Waals surface area contributed by atoms with E-state index in [4.69, 9.17) is 4.42 Å². The minimum atomic E-state index is -0.113. The molecule has 5 heteroatoms. The Kier molecular flexibility index (Phi) is 9.03. The highest BCUT2D eigenvalue weighted by atomic mass is 32.1. The number of benzene rings is 8. The molecule has 0 unspecified atom stereocenters. The summed E-state index contributed by atoms with van der Waals surface area (Å²) in [6.45, 7) is 25.7. The van der Waals surface area contributed by atoms with Crippen LogP contribution in [0, 0.1) is 0 Å². The van der Waals surface area contributed by atoms with Crippen molar-refractivity contribution in [3.05, 3.63) is 186 Å². The monoisotopic (exact) mass is 926 g/mol. The molecule has 1 aliphatic carbocycles. The first-order chi connectivity index (χ1) is 33.4. The van der Waals surface area contributed by atoms with Crippen LogP contribution in [0.3, 0.4) is 0 Å². The van der Waals surface area contributed by atoms with Gasteiger partial charge >= 0.3 is 0 Å². The van der Waals surface area contributed by atoms with Gasteiger partial charge < -0.3 is 14.2 Å². The van der Waals surface area contributed by atoms with E-state index < -0.39 is 0 Å². The zero-order chi connectivity index (χ0) is 48.4. The quantitative estimate of drug-likeness (QED) is 0.165. The van der Waals surface area contributed by atoms with Crippen molar-refractivity contribution in [3.8, 4) is 22.3 Å². The van der Waals surface area contributed by atoms with Crippen LogP contribution >= 0.6 is 11.3 Å². The zero-order valence-electron chi connectivity index (χ0n) is 42.3. The molecule has 0 atom stereocenters. The molecule has 3 aliphatic rings. The lowest BCUT2D eigenvalue weighted by molar-refractivity contribution is 0.590. The highest BCUT2D eigenvalue weighted by molar-refractivity contribution is 7.33. The van der Waals surface area contributed by atoms with Gasteiger partial charge in [-0.2, -0.15) is 0 Å². The summed E-state index contributed by atoms with van der Waals surface area (Å²) in [5.41, 5.74) is 23.3. The Hall–Kier alpha value is -6.82. The molecule has 4 heterocycles. The van der Waals surface area contributed by atoms with Gasteiger partial charge in [0, 0.05) is 65.1 Å². The van der Waals surface area contributed by atoms with Crippen LogP contribution in [0.15, 0.2) is 162 Å². The SMILES string of the molecule is CC(C)(C)c1ccc(N2c3ccc(C(C)(C)C)cc3B3c4sc5cc6c(cc5c4N(c4ccc(C(C)(C)C)cc4)c4cc(-c5cccc7c5oc5ccccc57)cc2c43)-c2ccccc2C6(C)C)cc1. The van der Waals surface area contributed by atoms with Crippen LogP contribution in [0.5, 0.6) is 0 Å². The van der Waals surface area contributed by atoms with Gasteiger partial charge in [0.25, 0.3) is 6.71 Å². The third-order valence-corrected chi connectivity index (χ3v) is 17.1. The molecule has 2 aromatic heterocycles. The summed E-state index contributed by atoms with van der Waals surface area (Å²) in [5, 5.41) is 3.57. The van der Waals surface area contributed by atoms with E-state index in [2.05, 4.69) is 244 Å². The number of hydrogen-bond acceptors (Lipinski definition) is 4. The summed E-state index contributed by atoms with van der Waals surface area (Å²) in [6.07, 6.45) is 0. The number of thiophene rings is 1. The average Bonchev–Trinajstić information content (AvgIpc) is 3.97. The maximum atomic E-state index is 6.87. The van der Waals surface area contributed by atoms with Crippen molar-refractivity contribution < 1.29 is 4.42 Å². The third-order valence-electron chi connectivity index (χ3n) is 15.9. The molecular formula is C65H59BN2OS. The van der Waals surface area contributed by atoms with Crippen molar-refractivity contribution in [2.75, 3.05) is 9.80 Å². The van der Waals surface area contributed by atoms with Crippen molar-refractivity contribution in [2.45, 2.75) is 97.8 Å². The third kappa shape index (κ3) is 6.26. The van der Waals surface area contributed by atoms with E-state index in [9.17, 15) is 0 Å². The summed E-state index contributed by atoms with van der Waals surface area (Å²) in [5.74, 6) is 0. The Morgan fingerprint density at radius 2 is 1.07 bits per heavy atom. The Balaban J connectivity index is 1.17. The van der Waals surface area contributed by atoms with E-state index in [1.54, 1.807) is 0 Å². The van der Waals surface area contributed by atoms with Crippen LogP contribution in [-0.4, -0.2) is 6.71 Å². The van der Waals surface area contributed by atoms with Gasteiger partial charge in [-0.1, -0.05) is 173 Å². The van der Waals surface area contributed by atoms with Crippen molar-refractivity contribution in [1.29, 1.82) is 0 Å². The second kappa shape index (κ2) is 14.6. The molecular weight excluding hydrogens is 868 g/mol. The molecule has 0 bridgehead atoms. The van der Waals surface area contributed by atoms with Crippen LogP contribution in [-0.2, 0) is 21.7 Å². The van der Waals surface area contributed by atoms with E-state index in [-0.39, 0.29) is 28.4 Å². The molecule has 0 saturated heterocycles. The smallest absolute Gasteiger partial charge is 0.264 e. The Bertz CT molecular complexity index is 3810. The fraction of sp³-hybridized carbons (Fsp3) is 0.231. The molecule has 0 N–H and O–H groups in total.